The summed E-state index contributed by atoms with van der Waals surface area (Å²) in [5.74, 6) is 0.665. The predicted molar refractivity (Wildman–Crippen MR) is 76.6 cm³/mol. The highest BCUT2D eigenvalue weighted by molar-refractivity contribution is 5.97. The number of carbonyl (C=O) groups is 1. The molecule has 19 heavy (non-hydrogen) atoms. The second kappa shape index (κ2) is 5.61. The normalized spacial score (nSPS) is 19.6. The lowest BCUT2D eigenvalue weighted by Gasteiger charge is -2.24. The number of amides is 1. The van der Waals surface area contributed by atoms with Gasteiger partial charge in [-0.15, -0.1) is 0 Å². The fraction of sp³-hybridized carbons (Fsp3) is 0.533. The summed E-state index contributed by atoms with van der Waals surface area (Å²) in [6.45, 7) is 8.19. The van der Waals surface area contributed by atoms with E-state index in [1.807, 2.05) is 12.1 Å². The van der Waals surface area contributed by atoms with Crippen molar-refractivity contribution in [3.63, 3.8) is 0 Å². The van der Waals surface area contributed by atoms with Crippen LogP contribution in [0.5, 0.6) is 5.75 Å². The van der Waals surface area contributed by atoms with Crippen LogP contribution in [0.15, 0.2) is 18.2 Å². The van der Waals surface area contributed by atoms with E-state index < -0.39 is 6.10 Å². The second-order valence-electron chi connectivity index (χ2n) is 5.51. The van der Waals surface area contributed by atoms with Crippen LogP contribution in [0.25, 0.3) is 0 Å². The Kier molecular flexibility index (Phi) is 4.10. The van der Waals surface area contributed by atoms with Crippen molar-refractivity contribution < 1.29 is 9.53 Å². The molecule has 4 heteroatoms. The molecule has 1 amide bonds. The van der Waals surface area contributed by atoms with Crippen LogP contribution >= 0.6 is 0 Å². The molecule has 0 saturated heterocycles. The minimum Gasteiger partial charge on any atom is -0.479 e. The third-order valence-electron chi connectivity index (χ3n) is 3.13. The third kappa shape index (κ3) is 3.47. The molecule has 2 rings (SSSR count). The van der Waals surface area contributed by atoms with Crippen LogP contribution in [0.4, 0.5) is 5.69 Å². The van der Waals surface area contributed by atoms with Crippen molar-refractivity contribution in [3.05, 3.63) is 23.8 Å². The van der Waals surface area contributed by atoms with Crippen molar-refractivity contribution >= 4 is 11.6 Å². The summed E-state index contributed by atoms with van der Waals surface area (Å²) < 4.78 is 5.54. The lowest BCUT2D eigenvalue weighted by atomic mass is 10.0. The summed E-state index contributed by atoms with van der Waals surface area (Å²) in [5.41, 5.74) is 1.97. The van der Waals surface area contributed by atoms with Gasteiger partial charge in [0.1, 0.15) is 5.75 Å². The average molecular weight is 262 g/mol. The van der Waals surface area contributed by atoms with Gasteiger partial charge in [0.25, 0.3) is 5.91 Å². The van der Waals surface area contributed by atoms with Crippen molar-refractivity contribution in [1.82, 2.24) is 5.32 Å². The number of rotatable bonds is 4. The Morgan fingerprint density at radius 2 is 2.11 bits per heavy atom. The van der Waals surface area contributed by atoms with E-state index in [1.165, 1.54) is 5.56 Å². The van der Waals surface area contributed by atoms with E-state index in [0.29, 0.717) is 12.1 Å². The van der Waals surface area contributed by atoms with Gasteiger partial charge in [0.15, 0.2) is 6.10 Å². The molecule has 0 spiro atoms. The van der Waals surface area contributed by atoms with Crippen LogP contribution < -0.4 is 15.4 Å². The molecule has 0 aliphatic carbocycles. The summed E-state index contributed by atoms with van der Waals surface area (Å²) in [6.07, 6.45) is 0.511. The molecular formula is C15H22N2O2. The van der Waals surface area contributed by atoms with Gasteiger partial charge in [0, 0.05) is 12.1 Å². The molecule has 1 aromatic rings. The van der Waals surface area contributed by atoms with E-state index >= 15 is 0 Å². The smallest absolute Gasteiger partial charge is 0.265 e. The van der Waals surface area contributed by atoms with Gasteiger partial charge in [0.05, 0.1) is 5.69 Å². The van der Waals surface area contributed by atoms with Crippen molar-refractivity contribution in [2.45, 2.75) is 52.3 Å². The number of carbonyl (C=O) groups excluding carboxylic acids is 1. The molecule has 2 unspecified atom stereocenters. The van der Waals surface area contributed by atoms with E-state index in [9.17, 15) is 4.79 Å². The molecule has 1 aromatic carbocycles. The predicted octanol–water partition coefficient (Wildman–Crippen LogP) is 2.33. The maximum absolute atomic E-state index is 11.6. The van der Waals surface area contributed by atoms with Gasteiger partial charge in [-0.2, -0.15) is 0 Å². The van der Waals surface area contributed by atoms with Gasteiger partial charge < -0.3 is 15.4 Å². The summed E-state index contributed by atoms with van der Waals surface area (Å²) in [6, 6.07) is 6.86. The zero-order valence-electron chi connectivity index (χ0n) is 12.0. The van der Waals surface area contributed by atoms with Crippen LogP contribution in [0.2, 0.25) is 0 Å². The molecule has 0 radical (unpaired) electrons. The van der Waals surface area contributed by atoms with E-state index in [1.54, 1.807) is 6.92 Å². The maximum atomic E-state index is 11.6. The molecule has 2 atom stereocenters. The SMILES string of the molecule is CC(C)NC(C)Cc1ccc2c(c1)NC(=O)C(C)O2. The Labute approximate surface area is 114 Å². The molecular weight excluding hydrogens is 240 g/mol. The highest BCUT2D eigenvalue weighted by Crippen LogP contribution is 2.30. The number of benzene rings is 1. The van der Waals surface area contributed by atoms with E-state index in [-0.39, 0.29) is 5.91 Å². The fourth-order valence-electron chi connectivity index (χ4n) is 2.36. The maximum Gasteiger partial charge on any atom is 0.265 e. The van der Waals surface area contributed by atoms with Crippen LogP contribution in [0.1, 0.15) is 33.3 Å². The molecule has 1 aliphatic rings. The first-order valence-electron chi connectivity index (χ1n) is 6.82. The van der Waals surface area contributed by atoms with Crippen LogP contribution in [-0.4, -0.2) is 24.1 Å². The monoisotopic (exact) mass is 262 g/mol. The Balaban J connectivity index is 2.09. The number of hydrogen-bond donors (Lipinski definition) is 2. The Bertz CT molecular complexity index is 471. The second-order valence-corrected chi connectivity index (χ2v) is 5.51. The molecule has 2 N–H and O–H groups in total. The molecule has 0 bridgehead atoms. The van der Waals surface area contributed by atoms with E-state index in [2.05, 4.69) is 37.5 Å². The molecule has 0 fully saturated rings. The quantitative estimate of drug-likeness (QED) is 0.875. The van der Waals surface area contributed by atoms with Gasteiger partial charge in [-0.05, 0) is 38.0 Å². The first kappa shape index (κ1) is 13.9. The van der Waals surface area contributed by atoms with E-state index in [0.717, 1.165) is 17.9 Å². The highest BCUT2D eigenvalue weighted by atomic mass is 16.5. The Morgan fingerprint density at radius 1 is 1.37 bits per heavy atom. The molecule has 0 saturated carbocycles. The van der Waals surface area contributed by atoms with Gasteiger partial charge in [-0.3, -0.25) is 4.79 Å². The third-order valence-corrected chi connectivity index (χ3v) is 3.13. The molecule has 1 heterocycles. The minimum absolute atomic E-state index is 0.0852. The van der Waals surface area contributed by atoms with Crippen LogP contribution in [0.3, 0.4) is 0 Å². The standard InChI is InChI=1S/C15H22N2O2/c1-9(2)16-10(3)7-12-5-6-14-13(8-12)17-15(18)11(4)19-14/h5-6,8-11,16H,7H2,1-4H3,(H,17,18). The van der Waals surface area contributed by atoms with E-state index in [4.69, 9.17) is 4.74 Å². The number of anilines is 1. The first-order chi connectivity index (χ1) is 8.95. The Hall–Kier alpha value is -1.55. The van der Waals surface area contributed by atoms with Crippen molar-refractivity contribution in [3.8, 4) is 5.75 Å². The van der Waals surface area contributed by atoms with Gasteiger partial charge in [-0.25, -0.2) is 0 Å². The molecule has 4 nitrogen and oxygen atoms in total. The topological polar surface area (TPSA) is 50.4 Å². The molecule has 0 aromatic heterocycles. The van der Waals surface area contributed by atoms with Crippen molar-refractivity contribution in [2.24, 2.45) is 0 Å². The van der Waals surface area contributed by atoms with Crippen LogP contribution in [-0.2, 0) is 11.2 Å². The minimum atomic E-state index is -0.417. The first-order valence-corrected chi connectivity index (χ1v) is 6.82. The Morgan fingerprint density at radius 3 is 2.79 bits per heavy atom. The van der Waals surface area contributed by atoms with Crippen molar-refractivity contribution in [1.29, 1.82) is 0 Å². The average Bonchev–Trinajstić information content (AvgIpc) is 2.30. The lowest BCUT2D eigenvalue weighted by Crippen LogP contribution is -2.35. The summed E-state index contributed by atoms with van der Waals surface area (Å²) >= 11 is 0. The lowest BCUT2D eigenvalue weighted by molar-refractivity contribution is -0.122. The largest absolute Gasteiger partial charge is 0.479 e. The number of hydrogen-bond acceptors (Lipinski definition) is 3. The fourth-order valence-corrected chi connectivity index (χ4v) is 2.36. The highest BCUT2D eigenvalue weighted by Gasteiger charge is 2.23. The van der Waals surface area contributed by atoms with Crippen molar-refractivity contribution in [2.75, 3.05) is 5.32 Å². The number of nitrogens with one attached hydrogen (secondary N) is 2. The zero-order chi connectivity index (χ0) is 14.0. The summed E-state index contributed by atoms with van der Waals surface area (Å²) in [4.78, 5) is 11.6. The number of fused-ring (bicyclic) bond motifs is 1. The van der Waals surface area contributed by atoms with Gasteiger partial charge in [0.2, 0.25) is 0 Å². The summed E-state index contributed by atoms with van der Waals surface area (Å²) in [7, 11) is 0. The molecule has 1 aliphatic heterocycles. The zero-order valence-corrected chi connectivity index (χ0v) is 12.0. The number of ether oxygens (including phenoxy) is 1. The van der Waals surface area contributed by atoms with Gasteiger partial charge in [-0.1, -0.05) is 19.9 Å². The summed E-state index contributed by atoms with van der Waals surface area (Å²) in [5, 5.41) is 6.35. The van der Waals surface area contributed by atoms with Crippen LogP contribution in [0, 0.1) is 0 Å². The molecule has 104 valence electrons. The van der Waals surface area contributed by atoms with Gasteiger partial charge >= 0.3 is 0 Å².